The first-order chi connectivity index (χ1) is 20.1. The number of ether oxygens (including phenoxy) is 1. The quantitative estimate of drug-likeness (QED) is 0.222. The van der Waals surface area contributed by atoms with E-state index in [1.165, 1.54) is 24.3 Å². The molecule has 0 radical (unpaired) electrons. The maximum atomic E-state index is 13.5. The molecule has 0 bridgehead atoms. The van der Waals surface area contributed by atoms with Gasteiger partial charge in [0.15, 0.2) is 0 Å². The minimum Gasteiger partial charge on any atom is -0.495 e. The number of hydrogen-bond acceptors (Lipinski definition) is 7. The Morgan fingerprint density at radius 1 is 0.881 bits per heavy atom. The summed E-state index contributed by atoms with van der Waals surface area (Å²) < 4.78 is 35.0. The second kappa shape index (κ2) is 13.2. The fraction of sp³-hybridized carbons (Fsp3) is 0.194. The molecule has 3 aromatic carbocycles. The van der Waals surface area contributed by atoms with E-state index >= 15 is 0 Å². The molecule has 4 aromatic rings. The number of pyridine rings is 1. The van der Waals surface area contributed by atoms with Gasteiger partial charge >= 0.3 is 0 Å². The summed E-state index contributed by atoms with van der Waals surface area (Å²) in [5.41, 5.74) is 4.08. The number of amides is 2. The molecule has 0 fully saturated rings. The zero-order valence-electron chi connectivity index (χ0n) is 23.8. The largest absolute Gasteiger partial charge is 0.495 e. The number of carbonyl (C=O) groups excluding carboxylic acids is 2. The maximum absolute atomic E-state index is 13.5. The van der Waals surface area contributed by atoms with Gasteiger partial charge in [-0.2, -0.15) is 0 Å². The van der Waals surface area contributed by atoms with E-state index in [0.29, 0.717) is 41.2 Å². The standard InChI is InChI=1S/C31H33N5O5S/c1-21-7-5-8-24(17-21)30(37)34-16-15-32-25-9-6-10-26(20-25)35-42(39,40)29-19-22(11-12-28(29)41-4)23-13-14-33-27(18-23)31(38)36(2)3/h5-14,17-20,32,35H,15-16H2,1-4H3,(H,34,37). The van der Waals surface area contributed by atoms with Crippen molar-refractivity contribution in [2.45, 2.75) is 11.8 Å². The molecule has 0 aliphatic heterocycles. The summed E-state index contributed by atoms with van der Waals surface area (Å²) in [6.07, 6.45) is 1.51. The van der Waals surface area contributed by atoms with E-state index in [9.17, 15) is 18.0 Å². The lowest BCUT2D eigenvalue weighted by atomic mass is 10.1. The van der Waals surface area contributed by atoms with E-state index in [2.05, 4.69) is 20.3 Å². The van der Waals surface area contributed by atoms with Gasteiger partial charge in [0.25, 0.3) is 21.8 Å². The molecule has 0 aliphatic rings. The normalized spacial score (nSPS) is 11.0. The number of rotatable bonds is 11. The van der Waals surface area contributed by atoms with Gasteiger partial charge < -0.3 is 20.3 Å². The summed E-state index contributed by atoms with van der Waals surface area (Å²) in [6, 6.07) is 22.3. The van der Waals surface area contributed by atoms with Gasteiger partial charge in [0.2, 0.25) is 0 Å². The van der Waals surface area contributed by atoms with Crippen molar-refractivity contribution in [2.75, 3.05) is 44.3 Å². The first kappa shape index (κ1) is 30.1. The molecule has 0 saturated heterocycles. The predicted molar refractivity (Wildman–Crippen MR) is 163 cm³/mol. The molecule has 4 rings (SSSR count). The van der Waals surface area contributed by atoms with Crippen LogP contribution in [0.25, 0.3) is 11.1 Å². The van der Waals surface area contributed by atoms with Gasteiger partial charge in [0, 0.05) is 44.6 Å². The molecule has 10 nitrogen and oxygen atoms in total. The van der Waals surface area contributed by atoms with Gasteiger partial charge in [-0.1, -0.05) is 29.8 Å². The molecular formula is C31H33N5O5S. The van der Waals surface area contributed by atoms with Crippen LogP contribution in [-0.2, 0) is 10.0 Å². The number of aromatic nitrogens is 1. The van der Waals surface area contributed by atoms with Crippen molar-refractivity contribution in [1.29, 1.82) is 0 Å². The summed E-state index contributed by atoms with van der Waals surface area (Å²) in [7, 11) is 0.604. The Morgan fingerprint density at radius 3 is 2.36 bits per heavy atom. The van der Waals surface area contributed by atoms with Crippen LogP contribution in [0.5, 0.6) is 5.75 Å². The van der Waals surface area contributed by atoms with Crippen LogP contribution in [0.3, 0.4) is 0 Å². The first-order valence-corrected chi connectivity index (χ1v) is 14.6. The van der Waals surface area contributed by atoms with Crippen LogP contribution < -0.4 is 20.1 Å². The number of aryl methyl sites for hydroxylation is 1. The Labute approximate surface area is 245 Å². The average Bonchev–Trinajstić information content (AvgIpc) is 2.98. The van der Waals surface area contributed by atoms with Crippen molar-refractivity contribution in [3.63, 3.8) is 0 Å². The molecule has 42 heavy (non-hydrogen) atoms. The minimum atomic E-state index is -4.06. The van der Waals surface area contributed by atoms with Crippen LogP contribution in [0.2, 0.25) is 0 Å². The highest BCUT2D eigenvalue weighted by Crippen LogP contribution is 2.32. The van der Waals surface area contributed by atoms with E-state index < -0.39 is 10.0 Å². The highest BCUT2D eigenvalue weighted by molar-refractivity contribution is 7.92. The second-order valence-corrected chi connectivity index (χ2v) is 11.4. The highest BCUT2D eigenvalue weighted by Gasteiger charge is 2.21. The zero-order chi connectivity index (χ0) is 30.3. The Bertz CT molecular complexity index is 1710. The summed E-state index contributed by atoms with van der Waals surface area (Å²) in [5.74, 6) is -0.254. The summed E-state index contributed by atoms with van der Waals surface area (Å²) in [4.78, 5) is 30.2. The van der Waals surface area contributed by atoms with E-state index in [1.807, 2.05) is 25.1 Å². The van der Waals surface area contributed by atoms with E-state index in [1.54, 1.807) is 68.7 Å². The van der Waals surface area contributed by atoms with Gasteiger partial charge in [0.1, 0.15) is 16.3 Å². The number of anilines is 2. The number of carbonyl (C=O) groups is 2. The molecule has 0 unspecified atom stereocenters. The number of methoxy groups -OCH3 is 1. The molecule has 0 atom stereocenters. The predicted octanol–water partition coefficient (Wildman–Crippen LogP) is 4.41. The summed E-state index contributed by atoms with van der Waals surface area (Å²) in [6.45, 7) is 2.75. The summed E-state index contributed by atoms with van der Waals surface area (Å²) >= 11 is 0. The maximum Gasteiger partial charge on any atom is 0.271 e. The van der Waals surface area contributed by atoms with Crippen LogP contribution in [0.15, 0.2) is 90.0 Å². The molecule has 2 amide bonds. The van der Waals surface area contributed by atoms with Crippen LogP contribution >= 0.6 is 0 Å². The molecule has 0 aliphatic carbocycles. The lowest BCUT2D eigenvalue weighted by molar-refractivity contribution is 0.0821. The third-order valence-electron chi connectivity index (χ3n) is 6.31. The zero-order valence-corrected chi connectivity index (χ0v) is 24.7. The van der Waals surface area contributed by atoms with E-state index in [-0.39, 0.29) is 28.2 Å². The molecule has 1 aromatic heterocycles. The molecule has 0 spiro atoms. The third kappa shape index (κ3) is 7.43. The number of nitrogens with one attached hydrogen (secondary N) is 3. The van der Waals surface area contributed by atoms with Crippen molar-refractivity contribution >= 4 is 33.2 Å². The van der Waals surface area contributed by atoms with Crippen molar-refractivity contribution in [2.24, 2.45) is 0 Å². The van der Waals surface area contributed by atoms with Crippen molar-refractivity contribution in [1.82, 2.24) is 15.2 Å². The monoisotopic (exact) mass is 587 g/mol. The van der Waals surface area contributed by atoms with Crippen LogP contribution in [-0.4, -0.2) is 64.4 Å². The number of nitrogens with zero attached hydrogens (tertiary/aromatic N) is 2. The molecule has 218 valence electrons. The minimum absolute atomic E-state index is 0.0583. The molecular weight excluding hydrogens is 554 g/mol. The Hall–Kier alpha value is -4.90. The Kier molecular flexibility index (Phi) is 9.43. The lowest BCUT2D eigenvalue weighted by Gasteiger charge is -2.15. The molecule has 3 N–H and O–H groups in total. The Balaban J connectivity index is 1.46. The molecule has 11 heteroatoms. The average molecular weight is 588 g/mol. The van der Waals surface area contributed by atoms with Crippen molar-refractivity contribution < 1.29 is 22.7 Å². The number of hydrogen-bond donors (Lipinski definition) is 3. The van der Waals surface area contributed by atoms with Gasteiger partial charge in [-0.15, -0.1) is 0 Å². The molecule has 0 saturated carbocycles. The lowest BCUT2D eigenvalue weighted by Crippen LogP contribution is -2.28. The van der Waals surface area contributed by atoms with Gasteiger partial charge in [-0.3, -0.25) is 19.3 Å². The van der Waals surface area contributed by atoms with Crippen LogP contribution in [0, 0.1) is 6.92 Å². The highest BCUT2D eigenvalue weighted by atomic mass is 32.2. The van der Waals surface area contributed by atoms with Crippen LogP contribution in [0.1, 0.15) is 26.4 Å². The van der Waals surface area contributed by atoms with E-state index in [4.69, 9.17) is 4.74 Å². The topological polar surface area (TPSA) is 130 Å². The fourth-order valence-corrected chi connectivity index (χ4v) is 5.44. The smallest absolute Gasteiger partial charge is 0.271 e. The summed E-state index contributed by atoms with van der Waals surface area (Å²) in [5, 5.41) is 6.06. The number of benzene rings is 3. The van der Waals surface area contributed by atoms with Gasteiger partial charge in [0.05, 0.1) is 12.8 Å². The van der Waals surface area contributed by atoms with E-state index in [0.717, 1.165) is 5.56 Å². The first-order valence-electron chi connectivity index (χ1n) is 13.1. The fourth-order valence-electron chi connectivity index (χ4n) is 4.20. The second-order valence-electron chi connectivity index (χ2n) is 9.73. The van der Waals surface area contributed by atoms with Crippen LogP contribution in [0.4, 0.5) is 11.4 Å². The number of sulfonamides is 1. The van der Waals surface area contributed by atoms with Crippen molar-refractivity contribution in [3.05, 3.63) is 102 Å². The third-order valence-corrected chi connectivity index (χ3v) is 7.71. The molecule has 1 heterocycles. The van der Waals surface area contributed by atoms with Gasteiger partial charge in [-0.25, -0.2) is 8.42 Å². The Morgan fingerprint density at radius 2 is 1.62 bits per heavy atom. The van der Waals surface area contributed by atoms with Crippen molar-refractivity contribution in [3.8, 4) is 16.9 Å². The van der Waals surface area contributed by atoms with Gasteiger partial charge in [-0.05, 0) is 72.6 Å². The SMILES string of the molecule is COc1ccc(-c2ccnc(C(=O)N(C)C)c2)cc1S(=O)(=O)Nc1cccc(NCCNC(=O)c2cccc(C)c2)c1.